The van der Waals surface area contributed by atoms with E-state index in [1.165, 1.54) is 0 Å². The van der Waals surface area contributed by atoms with Crippen molar-refractivity contribution in [1.82, 2.24) is 0 Å². The van der Waals surface area contributed by atoms with Crippen molar-refractivity contribution in [3.63, 3.8) is 0 Å². The molecule has 0 aliphatic carbocycles. The summed E-state index contributed by atoms with van der Waals surface area (Å²) in [6, 6.07) is 5.33. The van der Waals surface area contributed by atoms with Gasteiger partial charge in [0.15, 0.2) is 9.84 Å². The summed E-state index contributed by atoms with van der Waals surface area (Å²) < 4.78 is 29.7. The van der Waals surface area contributed by atoms with Gasteiger partial charge in [-0.2, -0.15) is 0 Å². The molecule has 15 heavy (non-hydrogen) atoms. The topological polar surface area (TPSA) is 43.4 Å². The molecular formula is C10H11BrO3S. The number of halogens is 1. The molecule has 0 atom stereocenters. The average Bonchev–Trinajstić information content (AvgIpc) is 2.05. The Morgan fingerprint density at radius 2 is 2.07 bits per heavy atom. The van der Waals surface area contributed by atoms with Crippen LogP contribution < -0.4 is 0 Å². The van der Waals surface area contributed by atoms with Crippen LogP contribution in [0.15, 0.2) is 27.6 Å². The second-order valence-corrected chi connectivity index (χ2v) is 6.69. The summed E-state index contributed by atoms with van der Waals surface area (Å²) in [4.78, 5) is 0.371. The molecule has 0 saturated carbocycles. The maximum absolute atomic E-state index is 12.1. The molecule has 1 saturated heterocycles. The molecule has 2 rings (SSSR count). The van der Waals surface area contributed by atoms with Gasteiger partial charge in [0.25, 0.3) is 0 Å². The average molecular weight is 291 g/mol. The number of hydrogen-bond donors (Lipinski definition) is 0. The highest BCUT2D eigenvalue weighted by Gasteiger charge is 2.35. The molecule has 0 radical (unpaired) electrons. The third kappa shape index (κ3) is 1.96. The fourth-order valence-electron chi connectivity index (χ4n) is 1.40. The molecule has 1 aromatic rings. The van der Waals surface area contributed by atoms with Crippen LogP contribution in [0.3, 0.4) is 0 Å². The molecule has 5 heteroatoms. The van der Waals surface area contributed by atoms with Gasteiger partial charge in [-0.05, 0) is 40.5 Å². The predicted molar refractivity (Wildman–Crippen MR) is 60.7 cm³/mol. The van der Waals surface area contributed by atoms with Gasteiger partial charge in [0.05, 0.1) is 18.1 Å². The van der Waals surface area contributed by atoms with E-state index in [0.717, 1.165) is 5.56 Å². The molecule has 0 N–H and O–H groups in total. The lowest BCUT2D eigenvalue weighted by Crippen LogP contribution is -2.40. The van der Waals surface area contributed by atoms with E-state index >= 15 is 0 Å². The summed E-state index contributed by atoms with van der Waals surface area (Å²) in [7, 11) is -3.23. The molecule has 1 aliphatic rings. The van der Waals surface area contributed by atoms with E-state index in [4.69, 9.17) is 4.74 Å². The third-order valence-corrected chi connectivity index (χ3v) is 5.49. The van der Waals surface area contributed by atoms with Gasteiger partial charge in [-0.3, -0.25) is 0 Å². The lowest BCUT2D eigenvalue weighted by Gasteiger charge is -2.26. The number of sulfone groups is 1. The molecule has 0 bridgehead atoms. The van der Waals surface area contributed by atoms with Crippen LogP contribution in [0.2, 0.25) is 0 Å². The van der Waals surface area contributed by atoms with Crippen LogP contribution in [0, 0.1) is 6.92 Å². The van der Waals surface area contributed by atoms with Crippen molar-refractivity contribution >= 4 is 25.8 Å². The minimum atomic E-state index is -3.23. The van der Waals surface area contributed by atoms with Gasteiger partial charge in [-0.1, -0.05) is 6.07 Å². The largest absolute Gasteiger partial charge is 0.379 e. The van der Waals surface area contributed by atoms with E-state index in [1.54, 1.807) is 12.1 Å². The highest BCUT2D eigenvalue weighted by molar-refractivity contribution is 9.10. The first-order chi connectivity index (χ1) is 7.01. The number of ether oxygens (including phenoxy) is 1. The lowest BCUT2D eigenvalue weighted by molar-refractivity contribution is 0.0416. The Hall–Kier alpha value is -0.390. The van der Waals surface area contributed by atoms with Crippen molar-refractivity contribution < 1.29 is 13.2 Å². The van der Waals surface area contributed by atoms with Crippen LogP contribution in [0.25, 0.3) is 0 Å². The second kappa shape index (κ2) is 3.88. The second-order valence-electron chi connectivity index (χ2n) is 3.64. The van der Waals surface area contributed by atoms with Crippen LogP contribution in [0.5, 0.6) is 0 Å². The van der Waals surface area contributed by atoms with Gasteiger partial charge < -0.3 is 4.74 Å². The Bertz CT molecular complexity index is 477. The van der Waals surface area contributed by atoms with Crippen molar-refractivity contribution in [2.45, 2.75) is 17.1 Å². The summed E-state index contributed by atoms with van der Waals surface area (Å²) in [5.41, 5.74) is 0.942. The quantitative estimate of drug-likeness (QED) is 0.836. The van der Waals surface area contributed by atoms with Crippen molar-refractivity contribution in [1.29, 1.82) is 0 Å². The maximum Gasteiger partial charge on any atom is 0.186 e. The van der Waals surface area contributed by atoms with Crippen LogP contribution in [0.1, 0.15) is 5.56 Å². The van der Waals surface area contributed by atoms with Crippen molar-refractivity contribution in [2.75, 3.05) is 13.2 Å². The van der Waals surface area contributed by atoms with Crippen molar-refractivity contribution in [2.24, 2.45) is 0 Å². The number of benzene rings is 1. The van der Waals surface area contributed by atoms with Gasteiger partial charge in [-0.25, -0.2) is 8.42 Å². The number of aryl methyl sites for hydroxylation is 1. The van der Waals surface area contributed by atoms with Crippen molar-refractivity contribution in [3.8, 4) is 0 Å². The normalized spacial score (nSPS) is 17.5. The monoisotopic (exact) mass is 290 g/mol. The van der Waals surface area contributed by atoms with Crippen LogP contribution in [-0.4, -0.2) is 26.9 Å². The fraction of sp³-hybridized carbons (Fsp3) is 0.400. The third-order valence-electron chi connectivity index (χ3n) is 2.44. The van der Waals surface area contributed by atoms with Crippen LogP contribution >= 0.6 is 15.9 Å². The van der Waals surface area contributed by atoms with E-state index in [0.29, 0.717) is 22.6 Å². The molecule has 3 nitrogen and oxygen atoms in total. The number of rotatable bonds is 2. The summed E-state index contributed by atoms with van der Waals surface area (Å²) in [5, 5.41) is -0.379. The minimum absolute atomic E-state index is 0.308. The smallest absolute Gasteiger partial charge is 0.186 e. The minimum Gasteiger partial charge on any atom is -0.379 e. The highest BCUT2D eigenvalue weighted by atomic mass is 79.9. The van der Waals surface area contributed by atoms with E-state index in [-0.39, 0.29) is 5.25 Å². The number of hydrogen-bond acceptors (Lipinski definition) is 3. The van der Waals surface area contributed by atoms with Gasteiger partial charge in [0.1, 0.15) is 5.25 Å². The zero-order valence-corrected chi connectivity index (χ0v) is 10.6. The van der Waals surface area contributed by atoms with Gasteiger partial charge in [-0.15, -0.1) is 0 Å². The molecule has 1 fully saturated rings. The van der Waals surface area contributed by atoms with E-state index < -0.39 is 9.84 Å². The maximum atomic E-state index is 12.1. The Labute approximate surface area is 97.5 Å². The Balaban J connectivity index is 2.48. The standard InChI is InChI=1S/C10H11BrO3S/c1-7-2-3-9(11)10(4-7)15(12,13)8-5-14-6-8/h2-4,8H,5-6H2,1H3. The molecule has 1 aromatic carbocycles. The molecule has 1 aliphatic heterocycles. The first-order valence-corrected chi connectivity index (χ1v) is 6.93. The predicted octanol–water partition coefficient (Wildman–Crippen LogP) is 1.93. The zero-order chi connectivity index (χ0) is 11.1. The Kier molecular flexibility index (Phi) is 2.87. The summed E-state index contributed by atoms with van der Waals surface area (Å²) in [6.45, 7) is 2.49. The molecule has 0 amide bonds. The van der Waals surface area contributed by atoms with Gasteiger partial charge >= 0.3 is 0 Å². The van der Waals surface area contributed by atoms with Crippen LogP contribution in [-0.2, 0) is 14.6 Å². The Morgan fingerprint density at radius 1 is 1.40 bits per heavy atom. The summed E-state index contributed by atoms with van der Waals surface area (Å²) >= 11 is 3.27. The van der Waals surface area contributed by atoms with Gasteiger partial charge in [0.2, 0.25) is 0 Å². The molecule has 0 aromatic heterocycles. The van der Waals surface area contributed by atoms with E-state index in [2.05, 4.69) is 15.9 Å². The molecule has 0 spiro atoms. The highest BCUT2D eigenvalue weighted by Crippen LogP contribution is 2.28. The molecule has 82 valence electrons. The van der Waals surface area contributed by atoms with Crippen molar-refractivity contribution in [3.05, 3.63) is 28.2 Å². The molecule has 0 unspecified atom stereocenters. The van der Waals surface area contributed by atoms with E-state index in [1.807, 2.05) is 13.0 Å². The first-order valence-electron chi connectivity index (χ1n) is 4.59. The fourth-order valence-corrected chi connectivity index (χ4v) is 3.92. The van der Waals surface area contributed by atoms with Gasteiger partial charge in [0, 0.05) is 4.47 Å². The lowest BCUT2D eigenvalue weighted by atomic mass is 10.2. The van der Waals surface area contributed by atoms with E-state index in [9.17, 15) is 8.42 Å². The Morgan fingerprint density at radius 3 is 2.60 bits per heavy atom. The first kappa shape index (κ1) is 11.1. The molecular weight excluding hydrogens is 280 g/mol. The summed E-state index contributed by atoms with van der Waals surface area (Å²) in [6.07, 6.45) is 0. The summed E-state index contributed by atoms with van der Waals surface area (Å²) in [5.74, 6) is 0. The molecule has 1 heterocycles. The zero-order valence-electron chi connectivity index (χ0n) is 8.23. The van der Waals surface area contributed by atoms with Crippen LogP contribution in [0.4, 0.5) is 0 Å². The SMILES string of the molecule is Cc1ccc(Br)c(S(=O)(=O)C2COC2)c1.